The number of hydrogen-bond acceptors (Lipinski definition) is 4. The summed E-state index contributed by atoms with van der Waals surface area (Å²) in [6, 6.07) is 7.49. The van der Waals surface area contributed by atoms with E-state index in [1.165, 1.54) is 12.8 Å². The van der Waals surface area contributed by atoms with E-state index in [9.17, 15) is 9.90 Å². The minimum absolute atomic E-state index is 0.0590. The van der Waals surface area contributed by atoms with Crippen LogP contribution in [0.1, 0.15) is 29.6 Å². The molecule has 4 unspecified atom stereocenters. The maximum absolute atomic E-state index is 12.5. The maximum Gasteiger partial charge on any atom is 0.251 e. The minimum atomic E-state index is -0.0590. The lowest BCUT2D eigenvalue weighted by Gasteiger charge is -2.30. The number of amides is 1. The van der Waals surface area contributed by atoms with Crippen molar-refractivity contribution in [3.8, 4) is 5.69 Å². The molecule has 2 aromatic rings. The zero-order valence-corrected chi connectivity index (χ0v) is 12.8. The predicted molar refractivity (Wildman–Crippen MR) is 84.0 cm³/mol. The number of carbonyl (C=O) groups is 1. The molecule has 2 aliphatic carbocycles. The Morgan fingerprint density at radius 3 is 2.57 bits per heavy atom. The number of aliphatic hydroxyl groups excluding tert-OH is 1. The molecule has 2 fully saturated rings. The van der Waals surface area contributed by atoms with Crippen LogP contribution in [0, 0.1) is 17.8 Å². The number of benzene rings is 1. The first kappa shape index (κ1) is 14.4. The van der Waals surface area contributed by atoms with Crippen molar-refractivity contribution >= 4 is 5.91 Å². The fourth-order valence-electron chi connectivity index (χ4n) is 4.25. The van der Waals surface area contributed by atoms with Crippen LogP contribution in [0.3, 0.4) is 0 Å². The minimum Gasteiger partial charge on any atom is -0.396 e. The normalized spacial score (nSPS) is 28.9. The number of nitrogens with one attached hydrogen (secondary N) is 1. The summed E-state index contributed by atoms with van der Waals surface area (Å²) in [5.41, 5.74) is 1.56. The van der Waals surface area contributed by atoms with Gasteiger partial charge in [-0.05, 0) is 55.4 Å². The highest BCUT2D eigenvalue weighted by Gasteiger charge is 2.47. The molecule has 1 aromatic carbocycles. The Hall–Kier alpha value is -2.21. The van der Waals surface area contributed by atoms with Gasteiger partial charge in [0.25, 0.3) is 5.91 Å². The fraction of sp³-hybridized carbons (Fsp3) is 0.471. The van der Waals surface area contributed by atoms with Crippen LogP contribution < -0.4 is 5.32 Å². The van der Waals surface area contributed by atoms with E-state index in [2.05, 4.69) is 15.5 Å². The lowest BCUT2D eigenvalue weighted by molar-refractivity contribution is 0.0861. The summed E-state index contributed by atoms with van der Waals surface area (Å²) in [7, 11) is 0. The lowest BCUT2D eigenvalue weighted by Crippen LogP contribution is -2.45. The molecule has 6 heteroatoms. The van der Waals surface area contributed by atoms with Crippen LogP contribution in [0.15, 0.2) is 36.9 Å². The average molecular weight is 312 g/mol. The summed E-state index contributed by atoms with van der Waals surface area (Å²) in [5, 5.41) is 20.3. The predicted octanol–water partition coefficient (Wildman–Crippen LogP) is 1.40. The quantitative estimate of drug-likeness (QED) is 0.894. The lowest BCUT2D eigenvalue weighted by atomic mass is 9.85. The van der Waals surface area contributed by atoms with Gasteiger partial charge >= 0.3 is 0 Å². The molecule has 6 nitrogen and oxygen atoms in total. The molecule has 2 N–H and O–H groups in total. The smallest absolute Gasteiger partial charge is 0.251 e. The van der Waals surface area contributed by atoms with Crippen LogP contribution in [0.5, 0.6) is 0 Å². The van der Waals surface area contributed by atoms with Crippen molar-refractivity contribution in [3.63, 3.8) is 0 Å². The molecule has 4 atom stereocenters. The van der Waals surface area contributed by atoms with Crippen molar-refractivity contribution in [1.29, 1.82) is 0 Å². The van der Waals surface area contributed by atoms with Crippen molar-refractivity contribution in [3.05, 3.63) is 42.5 Å². The zero-order chi connectivity index (χ0) is 15.8. The van der Waals surface area contributed by atoms with Gasteiger partial charge in [0.1, 0.15) is 12.7 Å². The number of hydrogen-bond donors (Lipinski definition) is 2. The molecule has 120 valence electrons. The number of nitrogens with zero attached hydrogens (tertiary/aromatic N) is 3. The summed E-state index contributed by atoms with van der Waals surface area (Å²) in [6.07, 6.45) is 6.74. The Balaban J connectivity index is 1.47. The second-order valence-electron chi connectivity index (χ2n) is 6.59. The van der Waals surface area contributed by atoms with Gasteiger partial charge in [-0.2, -0.15) is 0 Å². The molecule has 2 bridgehead atoms. The van der Waals surface area contributed by atoms with Crippen molar-refractivity contribution in [2.24, 2.45) is 17.8 Å². The highest BCUT2D eigenvalue weighted by Crippen LogP contribution is 2.48. The van der Waals surface area contributed by atoms with Gasteiger partial charge in [-0.25, -0.2) is 0 Å². The summed E-state index contributed by atoms with van der Waals surface area (Å²) in [6.45, 7) is 0.165. The molecule has 2 aliphatic rings. The molecule has 0 spiro atoms. The first-order chi connectivity index (χ1) is 11.3. The van der Waals surface area contributed by atoms with Gasteiger partial charge < -0.3 is 10.4 Å². The largest absolute Gasteiger partial charge is 0.396 e. The molecule has 2 saturated carbocycles. The Labute approximate surface area is 134 Å². The summed E-state index contributed by atoms with van der Waals surface area (Å²) >= 11 is 0. The van der Waals surface area contributed by atoms with E-state index in [-0.39, 0.29) is 24.5 Å². The van der Waals surface area contributed by atoms with E-state index >= 15 is 0 Å². The molecule has 4 rings (SSSR count). The molecule has 0 saturated heterocycles. The first-order valence-corrected chi connectivity index (χ1v) is 8.13. The summed E-state index contributed by atoms with van der Waals surface area (Å²) in [4.78, 5) is 12.5. The molecule has 0 radical (unpaired) electrons. The van der Waals surface area contributed by atoms with E-state index in [1.807, 2.05) is 24.3 Å². The third-order valence-corrected chi connectivity index (χ3v) is 5.44. The van der Waals surface area contributed by atoms with E-state index in [1.54, 1.807) is 17.2 Å². The molecular formula is C17H20N4O2. The third-order valence-electron chi connectivity index (χ3n) is 5.44. The fourth-order valence-corrected chi connectivity index (χ4v) is 4.25. The average Bonchev–Trinajstić information content (AvgIpc) is 3.32. The highest BCUT2D eigenvalue weighted by atomic mass is 16.3. The van der Waals surface area contributed by atoms with Gasteiger partial charge in [0, 0.05) is 29.8 Å². The van der Waals surface area contributed by atoms with Crippen LogP contribution in [0.25, 0.3) is 5.69 Å². The van der Waals surface area contributed by atoms with Gasteiger partial charge in [-0.3, -0.25) is 9.36 Å². The standard InChI is InChI=1S/C17H20N4O2/c22-8-15-12-1-2-13(7-12)16(15)20-17(23)11-3-5-14(6-4-11)21-9-18-19-10-21/h3-6,9-10,12-13,15-16,22H,1-2,7-8H2,(H,20,23). The third kappa shape index (κ3) is 2.53. The molecule has 23 heavy (non-hydrogen) atoms. The van der Waals surface area contributed by atoms with E-state index in [0.717, 1.165) is 12.1 Å². The SMILES string of the molecule is O=C(NC1C2CCC(C2)C1CO)c1ccc(-n2cnnc2)cc1. The van der Waals surface area contributed by atoms with Gasteiger partial charge in [0.2, 0.25) is 0 Å². The Morgan fingerprint density at radius 2 is 1.87 bits per heavy atom. The number of rotatable bonds is 4. The van der Waals surface area contributed by atoms with Crippen molar-refractivity contribution < 1.29 is 9.90 Å². The molecule has 1 amide bonds. The second-order valence-corrected chi connectivity index (χ2v) is 6.59. The monoisotopic (exact) mass is 312 g/mol. The van der Waals surface area contributed by atoms with Crippen LogP contribution in [-0.2, 0) is 0 Å². The topological polar surface area (TPSA) is 80.0 Å². The number of aliphatic hydroxyl groups is 1. The number of carbonyl (C=O) groups excluding carboxylic acids is 1. The van der Waals surface area contributed by atoms with Gasteiger partial charge in [-0.15, -0.1) is 10.2 Å². The number of aromatic nitrogens is 3. The summed E-state index contributed by atoms with van der Waals surface area (Å²) in [5.74, 6) is 1.26. The van der Waals surface area contributed by atoms with Gasteiger partial charge in [-0.1, -0.05) is 0 Å². The Kier molecular flexibility index (Phi) is 3.61. The van der Waals surface area contributed by atoms with Gasteiger partial charge in [0.05, 0.1) is 0 Å². The Morgan fingerprint density at radius 1 is 1.17 bits per heavy atom. The van der Waals surface area contributed by atoms with Crippen LogP contribution in [-0.4, -0.2) is 38.4 Å². The summed E-state index contributed by atoms with van der Waals surface area (Å²) < 4.78 is 1.79. The zero-order valence-electron chi connectivity index (χ0n) is 12.8. The van der Waals surface area contributed by atoms with Crippen LogP contribution >= 0.6 is 0 Å². The molecule has 1 aromatic heterocycles. The molecule has 1 heterocycles. The van der Waals surface area contributed by atoms with Crippen LogP contribution in [0.4, 0.5) is 0 Å². The highest BCUT2D eigenvalue weighted by molar-refractivity contribution is 5.94. The molecular weight excluding hydrogens is 292 g/mol. The van der Waals surface area contributed by atoms with Crippen LogP contribution in [0.2, 0.25) is 0 Å². The van der Waals surface area contributed by atoms with Gasteiger partial charge in [0.15, 0.2) is 0 Å². The Bertz CT molecular complexity index is 683. The van der Waals surface area contributed by atoms with E-state index < -0.39 is 0 Å². The molecule has 0 aliphatic heterocycles. The second kappa shape index (κ2) is 5.77. The van der Waals surface area contributed by atoms with Crippen molar-refractivity contribution in [1.82, 2.24) is 20.1 Å². The van der Waals surface area contributed by atoms with Crippen molar-refractivity contribution in [2.45, 2.75) is 25.3 Å². The van der Waals surface area contributed by atoms with Crippen molar-refractivity contribution in [2.75, 3.05) is 6.61 Å². The maximum atomic E-state index is 12.5. The van der Waals surface area contributed by atoms with E-state index in [0.29, 0.717) is 17.4 Å². The number of fused-ring (bicyclic) bond motifs is 2. The van der Waals surface area contributed by atoms with E-state index in [4.69, 9.17) is 0 Å². The first-order valence-electron chi connectivity index (χ1n) is 8.13.